The van der Waals surface area contributed by atoms with E-state index in [0.29, 0.717) is 0 Å². The van der Waals surface area contributed by atoms with Crippen LogP contribution in [0.25, 0.3) is 11.1 Å². The summed E-state index contributed by atoms with van der Waals surface area (Å²) in [4.78, 5) is 49.0. The van der Waals surface area contributed by atoms with Gasteiger partial charge >= 0.3 is 0 Å². The van der Waals surface area contributed by atoms with Gasteiger partial charge in [-0.15, -0.1) is 0 Å². The number of nitrogens with one attached hydrogen (secondary N) is 2. The van der Waals surface area contributed by atoms with Crippen molar-refractivity contribution in [1.29, 1.82) is 0 Å². The van der Waals surface area contributed by atoms with Crippen LogP contribution < -0.4 is 22.1 Å². The van der Waals surface area contributed by atoms with Gasteiger partial charge in [-0.2, -0.15) is 0 Å². The molecule has 4 amide bonds. The number of primary amides is 2. The van der Waals surface area contributed by atoms with Crippen LogP contribution in [0, 0.1) is 6.92 Å². The zero-order chi connectivity index (χ0) is 27.7. The first kappa shape index (κ1) is 28.1. The molecule has 0 aliphatic carbocycles. The molecule has 0 bridgehead atoms. The molecule has 9 nitrogen and oxygen atoms in total. The van der Waals surface area contributed by atoms with Crippen molar-refractivity contribution in [2.24, 2.45) is 11.5 Å². The first-order valence-corrected chi connectivity index (χ1v) is 12.2. The van der Waals surface area contributed by atoms with E-state index in [-0.39, 0.29) is 12.8 Å². The van der Waals surface area contributed by atoms with Crippen molar-refractivity contribution in [3.8, 4) is 11.1 Å². The summed E-state index contributed by atoms with van der Waals surface area (Å²) in [6.07, 6.45) is -2.01. The zero-order valence-electron chi connectivity index (χ0n) is 21.1. The number of hydrogen-bond donors (Lipinski definition) is 5. The molecule has 0 aliphatic rings. The number of aliphatic hydroxyl groups excluding tert-OH is 1. The lowest BCUT2D eigenvalue weighted by Crippen LogP contribution is -2.54. The van der Waals surface area contributed by atoms with Gasteiger partial charge in [-0.25, -0.2) is 0 Å². The van der Waals surface area contributed by atoms with E-state index in [9.17, 15) is 24.3 Å². The molecule has 0 aromatic heterocycles. The number of benzene rings is 3. The van der Waals surface area contributed by atoms with Crippen LogP contribution in [-0.2, 0) is 32.0 Å². The van der Waals surface area contributed by atoms with Crippen molar-refractivity contribution in [2.75, 3.05) is 0 Å². The van der Waals surface area contributed by atoms with Crippen molar-refractivity contribution in [1.82, 2.24) is 10.6 Å². The van der Waals surface area contributed by atoms with Crippen molar-refractivity contribution >= 4 is 23.6 Å². The highest BCUT2D eigenvalue weighted by molar-refractivity contribution is 5.93. The minimum absolute atomic E-state index is 0.113. The van der Waals surface area contributed by atoms with E-state index >= 15 is 0 Å². The lowest BCUT2D eigenvalue weighted by atomic mass is 9.99. The van der Waals surface area contributed by atoms with Crippen molar-refractivity contribution < 1.29 is 24.3 Å². The summed E-state index contributed by atoms with van der Waals surface area (Å²) in [5.41, 5.74) is 15.3. The average Bonchev–Trinajstić information content (AvgIpc) is 2.89. The molecule has 198 valence electrons. The Morgan fingerprint density at radius 1 is 0.711 bits per heavy atom. The molecule has 0 fully saturated rings. The lowest BCUT2D eigenvalue weighted by Gasteiger charge is -2.23. The maximum absolute atomic E-state index is 13.2. The number of rotatable bonds is 12. The molecule has 38 heavy (non-hydrogen) atoms. The Morgan fingerprint density at radius 2 is 1.24 bits per heavy atom. The predicted molar refractivity (Wildman–Crippen MR) is 143 cm³/mol. The number of aryl methyl sites for hydroxylation is 1. The molecule has 7 N–H and O–H groups in total. The molecule has 3 aromatic carbocycles. The highest BCUT2D eigenvalue weighted by atomic mass is 16.3. The quantitative estimate of drug-likeness (QED) is 0.243. The van der Waals surface area contributed by atoms with Gasteiger partial charge in [-0.1, -0.05) is 84.4 Å². The maximum Gasteiger partial charge on any atom is 0.246 e. The predicted octanol–water partition coefficient (Wildman–Crippen LogP) is 1.14. The van der Waals surface area contributed by atoms with Crippen LogP contribution in [0.3, 0.4) is 0 Å². The summed E-state index contributed by atoms with van der Waals surface area (Å²) in [5.74, 6) is -3.14. The molecule has 3 aromatic rings. The lowest BCUT2D eigenvalue weighted by molar-refractivity contribution is -0.134. The van der Waals surface area contributed by atoms with Gasteiger partial charge in [0.15, 0.2) is 0 Å². The first-order chi connectivity index (χ1) is 18.1. The minimum atomic E-state index is -1.68. The van der Waals surface area contributed by atoms with Gasteiger partial charge in [0.25, 0.3) is 0 Å². The summed E-state index contributed by atoms with van der Waals surface area (Å²) < 4.78 is 0. The molecule has 9 heteroatoms. The number of hydrogen-bond acceptors (Lipinski definition) is 5. The van der Waals surface area contributed by atoms with E-state index in [1.165, 1.54) is 0 Å². The number of amides is 4. The molecule has 0 spiro atoms. The Kier molecular flexibility index (Phi) is 9.72. The smallest absolute Gasteiger partial charge is 0.246 e. The van der Waals surface area contributed by atoms with Gasteiger partial charge in [0.2, 0.25) is 23.6 Å². The minimum Gasteiger partial charge on any atom is -0.383 e. The SMILES string of the molecule is Cc1ccc(C[C@@H](NC(=O)C[C@@H](O)C(N)=O)C(=O)N[C@@H](Cc2ccc(-c3ccccc3)cc2)C(N)=O)cc1. The average molecular weight is 517 g/mol. The Bertz CT molecular complexity index is 1260. The summed E-state index contributed by atoms with van der Waals surface area (Å²) in [6, 6.07) is 22.6. The summed E-state index contributed by atoms with van der Waals surface area (Å²) in [5, 5.41) is 14.8. The number of nitrogens with two attached hydrogens (primary N) is 2. The van der Waals surface area contributed by atoms with Gasteiger partial charge in [0.1, 0.15) is 18.2 Å². The standard InChI is InChI=1S/C29H32N4O5/c1-18-7-9-19(10-8-18)16-24(32-26(35)17-25(34)28(31)37)29(38)33-23(27(30)36)15-20-11-13-22(14-12-20)21-5-3-2-4-6-21/h2-14,23-25,34H,15-17H2,1H3,(H2,30,36)(H2,31,37)(H,32,35)(H,33,38)/t23-,24+,25+/m0/s1. The summed E-state index contributed by atoms with van der Waals surface area (Å²) in [6.45, 7) is 1.92. The number of carbonyl (C=O) groups excluding carboxylic acids is 4. The zero-order valence-corrected chi connectivity index (χ0v) is 21.1. The largest absolute Gasteiger partial charge is 0.383 e. The van der Waals surface area contributed by atoms with E-state index in [1.54, 1.807) is 0 Å². The molecule has 0 unspecified atom stereocenters. The fourth-order valence-corrected chi connectivity index (χ4v) is 3.89. The van der Waals surface area contributed by atoms with E-state index in [1.807, 2.05) is 85.8 Å². The van der Waals surface area contributed by atoms with E-state index in [2.05, 4.69) is 10.6 Å². The van der Waals surface area contributed by atoms with E-state index in [0.717, 1.165) is 27.8 Å². The molecule has 0 saturated heterocycles. The number of aliphatic hydroxyl groups is 1. The van der Waals surface area contributed by atoms with Gasteiger partial charge in [0, 0.05) is 12.8 Å². The molecule has 0 radical (unpaired) electrons. The molecule has 3 rings (SSSR count). The number of carbonyl (C=O) groups is 4. The van der Waals surface area contributed by atoms with Crippen LogP contribution >= 0.6 is 0 Å². The van der Waals surface area contributed by atoms with Gasteiger partial charge < -0.3 is 27.2 Å². The molecule has 0 saturated carbocycles. The van der Waals surface area contributed by atoms with Crippen LogP contribution in [0.5, 0.6) is 0 Å². The van der Waals surface area contributed by atoms with Crippen LogP contribution in [0.1, 0.15) is 23.1 Å². The molecular weight excluding hydrogens is 484 g/mol. The van der Waals surface area contributed by atoms with Crippen molar-refractivity contribution in [2.45, 2.75) is 44.4 Å². The Morgan fingerprint density at radius 3 is 1.79 bits per heavy atom. The van der Waals surface area contributed by atoms with Gasteiger partial charge in [-0.05, 0) is 29.2 Å². The normalized spacial score (nSPS) is 13.1. The highest BCUT2D eigenvalue weighted by Gasteiger charge is 2.27. The molecule has 3 atom stereocenters. The van der Waals surface area contributed by atoms with Gasteiger partial charge in [-0.3, -0.25) is 19.2 Å². The monoisotopic (exact) mass is 516 g/mol. The third-order valence-electron chi connectivity index (χ3n) is 6.08. The second-order valence-corrected chi connectivity index (χ2v) is 9.16. The van der Waals surface area contributed by atoms with Crippen LogP contribution in [0.15, 0.2) is 78.9 Å². The highest BCUT2D eigenvalue weighted by Crippen LogP contribution is 2.20. The maximum atomic E-state index is 13.2. The van der Waals surface area contributed by atoms with E-state index < -0.39 is 48.2 Å². The van der Waals surface area contributed by atoms with E-state index in [4.69, 9.17) is 11.5 Å². The topological polar surface area (TPSA) is 165 Å². The molecule has 0 aliphatic heterocycles. The third kappa shape index (κ3) is 8.28. The van der Waals surface area contributed by atoms with Crippen LogP contribution in [0.2, 0.25) is 0 Å². The second-order valence-electron chi connectivity index (χ2n) is 9.16. The first-order valence-electron chi connectivity index (χ1n) is 12.2. The van der Waals surface area contributed by atoms with Crippen molar-refractivity contribution in [3.63, 3.8) is 0 Å². The van der Waals surface area contributed by atoms with Crippen LogP contribution in [-0.4, -0.2) is 46.9 Å². The summed E-state index contributed by atoms with van der Waals surface area (Å²) >= 11 is 0. The fraction of sp³-hybridized carbons (Fsp3) is 0.241. The Hall–Kier alpha value is -4.50. The Balaban J connectivity index is 1.73. The molecular formula is C29H32N4O5. The third-order valence-corrected chi connectivity index (χ3v) is 6.08. The second kappa shape index (κ2) is 13.2. The van der Waals surface area contributed by atoms with Crippen LogP contribution in [0.4, 0.5) is 0 Å². The van der Waals surface area contributed by atoms with Crippen molar-refractivity contribution in [3.05, 3.63) is 95.6 Å². The Labute approximate surface area is 221 Å². The fourth-order valence-electron chi connectivity index (χ4n) is 3.89. The van der Waals surface area contributed by atoms with Gasteiger partial charge in [0.05, 0.1) is 6.42 Å². The molecule has 0 heterocycles. The summed E-state index contributed by atoms with van der Waals surface area (Å²) in [7, 11) is 0.